The summed E-state index contributed by atoms with van der Waals surface area (Å²) in [7, 11) is 0. The smallest absolute Gasteiger partial charge is 0.00964 e. The van der Waals surface area contributed by atoms with Crippen LogP contribution in [0.3, 0.4) is 0 Å². The number of hydrogen-bond donors (Lipinski definition) is 0. The molecule has 1 saturated carbocycles. The Balaban J connectivity index is 1.76. The average Bonchev–Trinajstić information content (AvgIpc) is 2.68. The molecule has 2 fully saturated rings. The first-order valence-electron chi connectivity index (χ1n) is 5.21. The second-order valence-electron chi connectivity index (χ2n) is 4.03. The van der Waals surface area contributed by atoms with Gasteiger partial charge in [-0.3, -0.25) is 0 Å². The van der Waals surface area contributed by atoms with Gasteiger partial charge in [0, 0.05) is 6.04 Å². The third-order valence-corrected chi connectivity index (χ3v) is 2.95. The maximum Gasteiger partial charge on any atom is 0.00964 e. The van der Waals surface area contributed by atoms with E-state index in [9.17, 15) is 0 Å². The van der Waals surface area contributed by atoms with Gasteiger partial charge in [-0.05, 0) is 38.8 Å². The van der Waals surface area contributed by atoms with Gasteiger partial charge < -0.3 is 4.90 Å². The van der Waals surface area contributed by atoms with Crippen LogP contribution in [0.4, 0.5) is 0 Å². The molecular weight excluding hydrogens is 134 g/mol. The Morgan fingerprint density at radius 2 is 1.27 bits per heavy atom. The van der Waals surface area contributed by atoms with Crippen LogP contribution in [0.15, 0.2) is 0 Å². The fraction of sp³-hybridized carbons (Fsp3) is 1.00. The van der Waals surface area contributed by atoms with Gasteiger partial charge >= 0.3 is 0 Å². The molecule has 0 atom stereocenters. The number of likely N-dealkylation sites (tertiary alicyclic amines) is 1. The summed E-state index contributed by atoms with van der Waals surface area (Å²) in [5, 5.41) is 0. The van der Waals surface area contributed by atoms with Crippen molar-refractivity contribution in [1.82, 2.24) is 4.90 Å². The van der Waals surface area contributed by atoms with Gasteiger partial charge in [-0.15, -0.1) is 0 Å². The second-order valence-corrected chi connectivity index (χ2v) is 4.03. The van der Waals surface area contributed by atoms with Crippen molar-refractivity contribution in [3.63, 3.8) is 0 Å². The third kappa shape index (κ3) is 2.19. The molecule has 1 heteroatoms. The molecule has 0 spiro atoms. The zero-order valence-corrected chi connectivity index (χ0v) is 7.39. The number of rotatable bonds is 1. The molecule has 0 aromatic carbocycles. The lowest BCUT2D eigenvalue weighted by molar-refractivity contribution is 0.238. The van der Waals surface area contributed by atoms with Crippen molar-refractivity contribution in [1.29, 1.82) is 0 Å². The van der Waals surface area contributed by atoms with Crippen molar-refractivity contribution in [2.45, 2.75) is 51.0 Å². The molecule has 11 heavy (non-hydrogen) atoms. The van der Waals surface area contributed by atoms with Gasteiger partial charge in [0.25, 0.3) is 0 Å². The Bertz CT molecular complexity index is 110. The fourth-order valence-corrected chi connectivity index (χ4v) is 2.08. The van der Waals surface area contributed by atoms with E-state index in [2.05, 4.69) is 4.90 Å². The van der Waals surface area contributed by atoms with Crippen LogP contribution >= 0.6 is 0 Å². The Labute approximate surface area is 69.8 Å². The minimum atomic E-state index is 1.01. The maximum atomic E-state index is 2.72. The predicted molar refractivity (Wildman–Crippen MR) is 47.7 cm³/mol. The van der Waals surface area contributed by atoms with Gasteiger partial charge in [0.15, 0.2) is 0 Å². The highest BCUT2D eigenvalue weighted by atomic mass is 15.2. The molecule has 1 saturated heterocycles. The van der Waals surface area contributed by atoms with E-state index in [1.807, 2.05) is 0 Å². The average molecular weight is 153 g/mol. The highest BCUT2D eigenvalue weighted by Crippen LogP contribution is 2.28. The summed E-state index contributed by atoms with van der Waals surface area (Å²) in [5.41, 5.74) is 0. The fourth-order valence-electron chi connectivity index (χ4n) is 2.08. The van der Waals surface area contributed by atoms with Crippen LogP contribution in [0.25, 0.3) is 0 Å². The highest BCUT2D eigenvalue weighted by molar-refractivity contribution is 4.84. The van der Waals surface area contributed by atoms with Gasteiger partial charge in [0.2, 0.25) is 0 Å². The van der Waals surface area contributed by atoms with Crippen LogP contribution in [0.2, 0.25) is 0 Å². The van der Waals surface area contributed by atoms with E-state index in [1.165, 1.54) is 58.0 Å². The van der Waals surface area contributed by atoms with Crippen LogP contribution in [-0.4, -0.2) is 24.0 Å². The van der Waals surface area contributed by atoms with Crippen LogP contribution in [0, 0.1) is 0 Å². The molecule has 2 aliphatic rings. The van der Waals surface area contributed by atoms with E-state index in [0.717, 1.165) is 6.04 Å². The Morgan fingerprint density at radius 3 is 1.82 bits per heavy atom. The maximum absolute atomic E-state index is 2.72. The first kappa shape index (κ1) is 7.60. The molecule has 64 valence electrons. The first-order chi connectivity index (χ1) is 5.47. The molecule has 1 aliphatic heterocycles. The van der Waals surface area contributed by atoms with Crippen LogP contribution in [-0.2, 0) is 0 Å². The molecule has 0 aromatic heterocycles. The van der Waals surface area contributed by atoms with Gasteiger partial charge in [0.05, 0.1) is 0 Å². The largest absolute Gasteiger partial charge is 0.300 e. The van der Waals surface area contributed by atoms with Crippen molar-refractivity contribution < 1.29 is 0 Å². The molecular formula is C10H19N. The molecule has 0 N–H and O–H groups in total. The molecule has 0 radical (unpaired) electrons. The highest BCUT2D eigenvalue weighted by Gasteiger charge is 2.28. The van der Waals surface area contributed by atoms with Crippen molar-refractivity contribution in [3.8, 4) is 0 Å². The van der Waals surface area contributed by atoms with Crippen molar-refractivity contribution in [2.24, 2.45) is 0 Å². The Morgan fingerprint density at radius 1 is 0.727 bits per heavy atom. The topological polar surface area (TPSA) is 3.24 Å². The van der Waals surface area contributed by atoms with Gasteiger partial charge in [-0.1, -0.05) is 19.3 Å². The first-order valence-corrected chi connectivity index (χ1v) is 5.21. The van der Waals surface area contributed by atoms with Gasteiger partial charge in [-0.25, -0.2) is 0 Å². The number of nitrogens with zero attached hydrogens (tertiary/aromatic N) is 1. The molecule has 0 bridgehead atoms. The molecule has 0 amide bonds. The van der Waals surface area contributed by atoms with E-state index >= 15 is 0 Å². The van der Waals surface area contributed by atoms with E-state index in [0.29, 0.717) is 0 Å². The minimum Gasteiger partial charge on any atom is -0.300 e. The van der Waals surface area contributed by atoms with E-state index < -0.39 is 0 Å². The molecule has 1 nitrogen and oxygen atoms in total. The van der Waals surface area contributed by atoms with Crippen LogP contribution in [0.5, 0.6) is 0 Å². The van der Waals surface area contributed by atoms with Gasteiger partial charge in [0.1, 0.15) is 0 Å². The van der Waals surface area contributed by atoms with E-state index in [-0.39, 0.29) is 0 Å². The summed E-state index contributed by atoms with van der Waals surface area (Å²) in [6, 6.07) is 1.01. The zero-order chi connectivity index (χ0) is 7.52. The Hall–Kier alpha value is -0.0400. The number of hydrogen-bond acceptors (Lipinski definition) is 1. The summed E-state index contributed by atoms with van der Waals surface area (Å²) in [4.78, 5) is 2.72. The standard InChI is InChI=1S/C10H19N/c1-2-4-8-11(9-5-3-1)10-6-7-10/h10H,1-9H2. The Kier molecular flexibility index (Phi) is 2.47. The minimum absolute atomic E-state index is 1.01. The summed E-state index contributed by atoms with van der Waals surface area (Å²) in [5.74, 6) is 0. The van der Waals surface area contributed by atoms with Crippen LogP contribution < -0.4 is 0 Å². The van der Waals surface area contributed by atoms with Crippen LogP contribution in [0.1, 0.15) is 44.9 Å². The van der Waals surface area contributed by atoms with E-state index in [4.69, 9.17) is 0 Å². The van der Waals surface area contributed by atoms with Gasteiger partial charge in [-0.2, -0.15) is 0 Å². The lowest BCUT2D eigenvalue weighted by Crippen LogP contribution is -2.29. The molecule has 0 unspecified atom stereocenters. The molecule has 1 heterocycles. The molecule has 1 aliphatic carbocycles. The van der Waals surface area contributed by atoms with Crippen molar-refractivity contribution in [3.05, 3.63) is 0 Å². The predicted octanol–water partition coefficient (Wildman–Crippen LogP) is 2.41. The third-order valence-electron chi connectivity index (χ3n) is 2.95. The van der Waals surface area contributed by atoms with Crippen molar-refractivity contribution >= 4 is 0 Å². The quantitative estimate of drug-likeness (QED) is 0.559. The SMILES string of the molecule is C1CCCN(C2CC2)CCC1. The zero-order valence-electron chi connectivity index (χ0n) is 7.39. The summed E-state index contributed by atoms with van der Waals surface area (Å²) in [6.07, 6.45) is 10.3. The molecule has 0 aromatic rings. The second kappa shape index (κ2) is 3.57. The molecule has 2 rings (SSSR count). The lowest BCUT2D eigenvalue weighted by atomic mass is 10.1. The summed E-state index contributed by atoms with van der Waals surface area (Å²) < 4.78 is 0. The summed E-state index contributed by atoms with van der Waals surface area (Å²) in [6.45, 7) is 2.79. The summed E-state index contributed by atoms with van der Waals surface area (Å²) >= 11 is 0. The monoisotopic (exact) mass is 153 g/mol. The lowest BCUT2D eigenvalue weighted by Gasteiger charge is -2.23. The normalized spacial score (nSPS) is 29.5. The van der Waals surface area contributed by atoms with E-state index in [1.54, 1.807) is 0 Å². The van der Waals surface area contributed by atoms with Crippen molar-refractivity contribution in [2.75, 3.05) is 13.1 Å².